The van der Waals surface area contributed by atoms with Crippen molar-refractivity contribution in [2.75, 3.05) is 14.2 Å². The summed E-state index contributed by atoms with van der Waals surface area (Å²) in [5.74, 6) is 2.23. The van der Waals surface area contributed by atoms with Gasteiger partial charge in [0.15, 0.2) is 11.5 Å². The molecular formula is C16H23N3O2. The lowest BCUT2D eigenvalue weighted by atomic mass is 10.1. The average Bonchev–Trinajstić information content (AvgIpc) is 3.01. The number of H-pyrrole nitrogens is 1. The molecule has 1 atom stereocenters. The maximum absolute atomic E-state index is 6.14. The van der Waals surface area contributed by atoms with Gasteiger partial charge < -0.3 is 20.2 Å². The van der Waals surface area contributed by atoms with E-state index in [-0.39, 0.29) is 6.04 Å². The van der Waals surface area contributed by atoms with Gasteiger partial charge in [-0.2, -0.15) is 0 Å². The minimum Gasteiger partial charge on any atom is -0.493 e. The first-order valence-electron chi connectivity index (χ1n) is 7.22. The van der Waals surface area contributed by atoms with Crippen LogP contribution >= 0.6 is 0 Å². The van der Waals surface area contributed by atoms with Crippen LogP contribution in [0, 0.1) is 0 Å². The van der Waals surface area contributed by atoms with Crippen molar-refractivity contribution in [3.8, 4) is 22.8 Å². The van der Waals surface area contributed by atoms with Crippen LogP contribution in [0.1, 0.15) is 38.1 Å². The van der Waals surface area contributed by atoms with Crippen molar-refractivity contribution in [3.63, 3.8) is 0 Å². The summed E-state index contributed by atoms with van der Waals surface area (Å²) in [6.07, 6.45) is 4.99. The standard InChI is InChI=1S/C16H23N3O2/c1-4-5-6-12(17)16-18-10-13(19-16)11-7-8-14(20-2)15(9-11)21-3/h7-10,12H,4-6,17H2,1-3H3,(H,18,19). The van der Waals surface area contributed by atoms with Gasteiger partial charge in [-0.05, 0) is 24.6 Å². The molecule has 1 unspecified atom stereocenters. The lowest BCUT2D eigenvalue weighted by Gasteiger charge is -2.09. The minimum absolute atomic E-state index is 0.0427. The SMILES string of the molecule is CCCCC(N)c1ncc(-c2ccc(OC)c(OC)c2)[nH]1. The van der Waals surface area contributed by atoms with Gasteiger partial charge in [0.05, 0.1) is 32.2 Å². The topological polar surface area (TPSA) is 73.2 Å². The van der Waals surface area contributed by atoms with Crippen molar-refractivity contribution in [1.82, 2.24) is 9.97 Å². The number of hydrogen-bond acceptors (Lipinski definition) is 4. The molecule has 0 amide bonds. The number of imidazole rings is 1. The first-order valence-corrected chi connectivity index (χ1v) is 7.22. The van der Waals surface area contributed by atoms with Gasteiger partial charge in [-0.3, -0.25) is 0 Å². The number of nitrogens with zero attached hydrogens (tertiary/aromatic N) is 1. The molecule has 0 bridgehead atoms. The van der Waals surface area contributed by atoms with Crippen molar-refractivity contribution < 1.29 is 9.47 Å². The third-order valence-corrected chi connectivity index (χ3v) is 3.51. The number of nitrogens with one attached hydrogen (secondary N) is 1. The van der Waals surface area contributed by atoms with Gasteiger partial charge in [0.2, 0.25) is 0 Å². The molecular weight excluding hydrogens is 266 g/mol. The van der Waals surface area contributed by atoms with E-state index in [1.165, 1.54) is 0 Å². The van der Waals surface area contributed by atoms with Gasteiger partial charge in [0, 0.05) is 5.56 Å². The van der Waals surface area contributed by atoms with E-state index in [9.17, 15) is 0 Å². The van der Waals surface area contributed by atoms with E-state index in [1.807, 2.05) is 24.4 Å². The van der Waals surface area contributed by atoms with Crippen molar-refractivity contribution in [3.05, 3.63) is 30.2 Å². The number of ether oxygens (including phenoxy) is 2. The van der Waals surface area contributed by atoms with E-state index >= 15 is 0 Å². The zero-order valence-electron chi connectivity index (χ0n) is 12.8. The minimum atomic E-state index is -0.0427. The molecule has 114 valence electrons. The fourth-order valence-corrected chi connectivity index (χ4v) is 2.24. The molecule has 2 rings (SSSR count). The summed E-state index contributed by atoms with van der Waals surface area (Å²) in [6, 6.07) is 5.73. The molecule has 0 fully saturated rings. The van der Waals surface area contributed by atoms with E-state index in [1.54, 1.807) is 14.2 Å². The number of nitrogens with two attached hydrogens (primary N) is 1. The second kappa shape index (κ2) is 7.13. The van der Waals surface area contributed by atoms with Crippen molar-refractivity contribution in [2.45, 2.75) is 32.2 Å². The Labute approximate surface area is 125 Å². The van der Waals surface area contributed by atoms with Crippen LogP contribution in [0.5, 0.6) is 11.5 Å². The smallest absolute Gasteiger partial charge is 0.161 e. The molecule has 0 radical (unpaired) electrons. The number of unbranched alkanes of at least 4 members (excludes halogenated alkanes) is 1. The van der Waals surface area contributed by atoms with Crippen LogP contribution in [-0.4, -0.2) is 24.2 Å². The molecule has 0 saturated carbocycles. The van der Waals surface area contributed by atoms with Crippen LogP contribution in [0.25, 0.3) is 11.3 Å². The van der Waals surface area contributed by atoms with Crippen LogP contribution in [0.3, 0.4) is 0 Å². The van der Waals surface area contributed by atoms with Crippen LogP contribution in [-0.2, 0) is 0 Å². The summed E-state index contributed by atoms with van der Waals surface area (Å²) in [5.41, 5.74) is 8.06. The van der Waals surface area contributed by atoms with Gasteiger partial charge in [-0.1, -0.05) is 19.8 Å². The molecule has 5 heteroatoms. The van der Waals surface area contributed by atoms with Crippen molar-refractivity contribution >= 4 is 0 Å². The predicted octanol–water partition coefficient (Wildman–Crippen LogP) is 3.28. The molecule has 0 spiro atoms. The van der Waals surface area contributed by atoms with E-state index in [4.69, 9.17) is 15.2 Å². The third kappa shape index (κ3) is 3.55. The molecule has 3 N–H and O–H groups in total. The number of aromatic nitrogens is 2. The largest absolute Gasteiger partial charge is 0.493 e. The van der Waals surface area contributed by atoms with E-state index < -0.39 is 0 Å². The molecule has 0 aliphatic heterocycles. The van der Waals surface area contributed by atoms with E-state index in [0.29, 0.717) is 11.5 Å². The van der Waals surface area contributed by atoms with E-state index in [2.05, 4.69) is 16.9 Å². The van der Waals surface area contributed by atoms with Gasteiger partial charge in [0.1, 0.15) is 5.82 Å². The highest BCUT2D eigenvalue weighted by molar-refractivity contribution is 5.63. The summed E-state index contributed by atoms with van der Waals surface area (Å²) < 4.78 is 10.6. The van der Waals surface area contributed by atoms with E-state index in [0.717, 1.165) is 36.3 Å². The fourth-order valence-electron chi connectivity index (χ4n) is 2.24. The van der Waals surface area contributed by atoms with Gasteiger partial charge in [0.25, 0.3) is 0 Å². The lowest BCUT2D eigenvalue weighted by Crippen LogP contribution is -2.11. The first kappa shape index (κ1) is 15.4. The third-order valence-electron chi connectivity index (χ3n) is 3.51. The zero-order chi connectivity index (χ0) is 15.2. The monoisotopic (exact) mass is 289 g/mol. The Bertz CT molecular complexity index is 581. The maximum Gasteiger partial charge on any atom is 0.161 e. The first-order chi connectivity index (χ1) is 10.2. The number of benzene rings is 1. The fraction of sp³-hybridized carbons (Fsp3) is 0.438. The summed E-state index contributed by atoms with van der Waals surface area (Å²) in [5, 5.41) is 0. The van der Waals surface area contributed by atoms with Crippen molar-refractivity contribution in [2.24, 2.45) is 5.73 Å². The van der Waals surface area contributed by atoms with Crippen LogP contribution in [0.4, 0.5) is 0 Å². The Balaban J connectivity index is 2.21. The molecule has 5 nitrogen and oxygen atoms in total. The molecule has 21 heavy (non-hydrogen) atoms. The Morgan fingerprint density at radius 2 is 2.00 bits per heavy atom. The number of hydrogen-bond donors (Lipinski definition) is 2. The highest BCUT2D eigenvalue weighted by Crippen LogP contribution is 2.31. The molecule has 1 aromatic heterocycles. The summed E-state index contributed by atoms with van der Waals surface area (Å²) in [7, 11) is 3.25. The molecule has 1 heterocycles. The van der Waals surface area contributed by atoms with Gasteiger partial charge in [-0.25, -0.2) is 4.98 Å². The Morgan fingerprint density at radius 1 is 1.24 bits per heavy atom. The Hall–Kier alpha value is -2.01. The molecule has 0 aliphatic carbocycles. The predicted molar refractivity (Wildman–Crippen MR) is 83.6 cm³/mol. The highest BCUT2D eigenvalue weighted by atomic mass is 16.5. The second-order valence-corrected chi connectivity index (χ2v) is 5.00. The lowest BCUT2D eigenvalue weighted by molar-refractivity contribution is 0.355. The maximum atomic E-state index is 6.14. The molecule has 2 aromatic rings. The van der Waals surface area contributed by atoms with Gasteiger partial charge in [-0.15, -0.1) is 0 Å². The molecule has 0 saturated heterocycles. The van der Waals surface area contributed by atoms with Gasteiger partial charge >= 0.3 is 0 Å². The average molecular weight is 289 g/mol. The molecule has 1 aromatic carbocycles. The normalized spacial score (nSPS) is 12.2. The number of methoxy groups -OCH3 is 2. The quantitative estimate of drug-likeness (QED) is 0.820. The summed E-state index contributed by atoms with van der Waals surface area (Å²) in [4.78, 5) is 7.69. The second-order valence-electron chi connectivity index (χ2n) is 5.00. The number of aromatic amines is 1. The summed E-state index contributed by atoms with van der Waals surface area (Å²) >= 11 is 0. The zero-order valence-corrected chi connectivity index (χ0v) is 12.8. The van der Waals surface area contributed by atoms with Crippen LogP contribution in [0.2, 0.25) is 0 Å². The summed E-state index contributed by atoms with van der Waals surface area (Å²) in [6.45, 7) is 2.16. The highest BCUT2D eigenvalue weighted by Gasteiger charge is 2.12. The molecule has 0 aliphatic rings. The Morgan fingerprint density at radius 3 is 2.67 bits per heavy atom. The van der Waals surface area contributed by atoms with Crippen LogP contribution in [0.15, 0.2) is 24.4 Å². The number of rotatable bonds is 7. The Kier molecular flexibility index (Phi) is 5.22. The van der Waals surface area contributed by atoms with Crippen LogP contribution < -0.4 is 15.2 Å². The van der Waals surface area contributed by atoms with Crippen molar-refractivity contribution in [1.29, 1.82) is 0 Å².